The number of nitriles is 1. The SMILES string of the molecule is [C-]#[N+]c1ccc(F)c(-c2ccc(Cc3ccc(N4N=C(C#N)CC4CC(C)=O)cc3)c(C)c2)c1. The van der Waals surface area contributed by atoms with Crippen LogP contribution in [0.25, 0.3) is 16.0 Å². The molecule has 1 aliphatic heterocycles. The van der Waals surface area contributed by atoms with Crippen molar-refractivity contribution in [3.05, 3.63) is 94.6 Å². The maximum atomic E-state index is 14.3. The first-order chi connectivity index (χ1) is 16.4. The first kappa shape index (κ1) is 22.9. The van der Waals surface area contributed by atoms with Crippen molar-refractivity contribution in [2.75, 3.05) is 5.01 Å². The monoisotopic (exact) mass is 450 g/mol. The van der Waals surface area contributed by atoms with Crippen molar-refractivity contribution in [3.8, 4) is 17.2 Å². The molecule has 0 radical (unpaired) electrons. The molecule has 4 rings (SSSR count). The molecule has 6 heteroatoms. The van der Waals surface area contributed by atoms with E-state index in [1.807, 2.05) is 49.4 Å². The van der Waals surface area contributed by atoms with Crippen molar-refractivity contribution in [1.29, 1.82) is 5.26 Å². The number of carbonyl (C=O) groups excluding carboxylic acids is 1. The van der Waals surface area contributed by atoms with Crippen LogP contribution in [0.2, 0.25) is 0 Å². The number of aryl methyl sites for hydroxylation is 1. The van der Waals surface area contributed by atoms with E-state index in [9.17, 15) is 14.4 Å². The number of hydrogen-bond acceptors (Lipinski definition) is 4. The zero-order chi connectivity index (χ0) is 24.2. The molecule has 0 aliphatic carbocycles. The quantitative estimate of drug-likeness (QED) is 0.410. The minimum absolute atomic E-state index is 0.0700. The summed E-state index contributed by atoms with van der Waals surface area (Å²) >= 11 is 0. The van der Waals surface area contributed by atoms with Gasteiger partial charge in [0, 0.05) is 18.4 Å². The van der Waals surface area contributed by atoms with E-state index < -0.39 is 0 Å². The Hall–Kier alpha value is -4.29. The number of anilines is 1. The minimum atomic E-state index is -0.345. The van der Waals surface area contributed by atoms with Gasteiger partial charge in [0.15, 0.2) is 5.69 Å². The van der Waals surface area contributed by atoms with Crippen molar-refractivity contribution < 1.29 is 9.18 Å². The lowest BCUT2D eigenvalue weighted by Crippen LogP contribution is -2.28. The number of carbonyl (C=O) groups is 1. The Kier molecular flexibility index (Phi) is 6.52. The van der Waals surface area contributed by atoms with Crippen LogP contribution in [0, 0.1) is 30.6 Å². The first-order valence-electron chi connectivity index (χ1n) is 11.0. The third kappa shape index (κ3) is 4.87. The van der Waals surface area contributed by atoms with Crippen LogP contribution in [0.15, 0.2) is 65.8 Å². The molecule has 0 N–H and O–H groups in total. The molecule has 34 heavy (non-hydrogen) atoms. The predicted molar refractivity (Wildman–Crippen MR) is 131 cm³/mol. The lowest BCUT2D eigenvalue weighted by molar-refractivity contribution is -0.117. The van der Waals surface area contributed by atoms with Gasteiger partial charge in [-0.05, 0) is 66.8 Å². The van der Waals surface area contributed by atoms with Crippen LogP contribution in [0.1, 0.15) is 36.5 Å². The summed E-state index contributed by atoms with van der Waals surface area (Å²) in [5.41, 5.74) is 6.14. The highest BCUT2D eigenvalue weighted by Gasteiger charge is 2.28. The van der Waals surface area contributed by atoms with Gasteiger partial charge in [0.25, 0.3) is 0 Å². The van der Waals surface area contributed by atoms with Crippen molar-refractivity contribution in [3.63, 3.8) is 0 Å². The minimum Gasteiger partial charge on any atom is -0.300 e. The third-order valence-corrected chi connectivity index (χ3v) is 5.98. The van der Waals surface area contributed by atoms with Crippen molar-refractivity contribution in [2.24, 2.45) is 5.10 Å². The Balaban J connectivity index is 1.53. The van der Waals surface area contributed by atoms with Gasteiger partial charge in [-0.25, -0.2) is 9.24 Å². The molecule has 1 unspecified atom stereocenters. The van der Waals surface area contributed by atoms with Gasteiger partial charge in [-0.1, -0.05) is 36.4 Å². The highest BCUT2D eigenvalue weighted by molar-refractivity contribution is 6.01. The van der Waals surface area contributed by atoms with E-state index in [0.717, 1.165) is 27.9 Å². The molecule has 3 aromatic rings. The number of Topliss-reactive ketones (excluding diaryl/α,β-unsaturated/α-hetero) is 1. The zero-order valence-electron chi connectivity index (χ0n) is 19.0. The van der Waals surface area contributed by atoms with E-state index in [-0.39, 0.29) is 17.6 Å². The molecule has 0 fully saturated rings. The topological polar surface area (TPSA) is 60.8 Å². The molecule has 3 aromatic carbocycles. The van der Waals surface area contributed by atoms with Crippen molar-refractivity contribution in [1.82, 2.24) is 0 Å². The number of rotatable bonds is 6. The van der Waals surface area contributed by atoms with E-state index in [2.05, 4.69) is 16.0 Å². The summed E-state index contributed by atoms with van der Waals surface area (Å²) in [6.45, 7) is 10.7. The average Bonchev–Trinajstić information content (AvgIpc) is 3.23. The number of nitrogens with zero attached hydrogens (tertiary/aromatic N) is 4. The molecular weight excluding hydrogens is 427 g/mol. The van der Waals surface area contributed by atoms with Crippen LogP contribution in [-0.4, -0.2) is 17.5 Å². The number of hydrogen-bond donors (Lipinski definition) is 0. The Morgan fingerprint density at radius 3 is 2.62 bits per heavy atom. The van der Waals surface area contributed by atoms with E-state index in [1.54, 1.807) is 18.0 Å². The third-order valence-electron chi connectivity index (χ3n) is 5.98. The van der Waals surface area contributed by atoms with E-state index in [1.165, 1.54) is 12.1 Å². The largest absolute Gasteiger partial charge is 0.300 e. The molecule has 0 aromatic heterocycles. The molecule has 5 nitrogen and oxygen atoms in total. The van der Waals surface area contributed by atoms with Crippen molar-refractivity contribution >= 4 is 22.9 Å². The summed E-state index contributed by atoms with van der Waals surface area (Å²) in [5, 5.41) is 15.4. The second-order valence-corrected chi connectivity index (χ2v) is 8.53. The average molecular weight is 451 g/mol. The van der Waals surface area contributed by atoms with Gasteiger partial charge in [0.05, 0.1) is 18.3 Å². The Labute approximate surface area is 198 Å². The van der Waals surface area contributed by atoms with Gasteiger partial charge >= 0.3 is 0 Å². The first-order valence-corrected chi connectivity index (χ1v) is 11.0. The molecule has 1 aliphatic rings. The van der Waals surface area contributed by atoms with Crippen LogP contribution in [-0.2, 0) is 11.2 Å². The van der Waals surface area contributed by atoms with Gasteiger partial charge in [0.1, 0.15) is 23.4 Å². The van der Waals surface area contributed by atoms with Crippen LogP contribution in [0.5, 0.6) is 0 Å². The standard InChI is InChI=1S/C28H23FN4O/c1-18-12-22(27-16-23(31-3)8-11-28(27)29)7-6-21(18)14-20-4-9-25(10-5-20)33-26(13-19(2)34)15-24(17-30)32-33/h4-12,16,26H,13-15H2,1-2H3. The molecule has 0 bridgehead atoms. The molecule has 1 atom stereocenters. The smallest absolute Gasteiger partial charge is 0.188 e. The molecule has 0 saturated heterocycles. The van der Waals surface area contributed by atoms with Gasteiger partial charge in [-0.15, -0.1) is 0 Å². The van der Waals surface area contributed by atoms with Gasteiger partial charge in [-0.3, -0.25) is 9.80 Å². The fraction of sp³-hybridized carbons (Fsp3) is 0.214. The number of benzene rings is 3. The molecular formula is C28H23FN4O. The molecule has 168 valence electrons. The van der Waals surface area contributed by atoms with Gasteiger partial charge in [0.2, 0.25) is 0 Å². The number of hydrazone groups is 1. The van der Waals surface area contributed by atoms with Crippen LogP contribution < -0.4 is 5.01 Å². The highest BCUT2D eigenvalue weighted by atomic mass is 19.1. The van der Waals surface area contributed by atoms with E-state index in [4.69, 9.17) is 6.57 Å². The maximum Gasteiger partial charge on any atom is 0.188 e. The molecule has 0 saturated carbocycles. The number of halogens is 1. The van der Waals surface area contributed by atoms with Crippen molar-refractivity contribution in [2.45, 2.75) is 39.2 Å². The second kappa shape index (κ2) is 9.68. The second-order valence-electron chi connectivity index (χ2n) is 8.53. The summed E-state index contributed by atoms with van der Waals surface area (Å²) in [4.78, 5) is 15.0. The van der Waals surface area contributed by atoms with Crippen LogP contribution in [0.3, 0.4) is 0 Å². The zero-order valence-corrected chi connectivity index (χ0v) is 19.0. The normalized spacial score (nSPS) is 14.9. The van der Waals surface area contributed by atoms with Gasteiger partial charge < -0.3 is 0 Å². The lowest BCUT2D eigenvalue weighted by atomic mass is 9.95. The lowest BCUT2D eigenvalue weighted by Gasteiger charge is -2.22. The summed E-state index contributed by atoms with van der Waals surface area (Å²) in [6, 6.07) is 20.2. The highest BCUT2D eigenvalue weighted by Crippen LogP contribution is 2.30. The van der Waals surface area contributed by atoms with Gasteiger partial charge in [-0.2, -0.15) is 10.4 Å². The predicted octanol–water partition coefficient (Wildman–Crippen LogP) is 6.38. The Morgan fingerprint density at radius 2 is 1.97 bits per heavy atom. The summed E-state index contributed by atoms with van der Waals surface area (Å²) in [7, 11) is 0. The number of ketones is 1. The molecule has 1 heterocycles. The summed E-state index contributed by atoms with van der Waals surface area (Å²) in [5.74, 6) is -0.275. The fourth-order valence-electron chi connectivity index (χ4n) is 4.24. The summed E-state index contributed by atoms with van der Waals surface area (Å²) < 4.78 is 14.3. The van der Waals surface area contributed by atoms with E-state index >= 15 is 0 Å². The summed E-state index contributed by atoms with van der Waals surface area (Å²) in [6.07, 6.45) is 1.53. The van der Waals surface area contributed by atoms with E-state index in [0.29, 0.717) is 36.2 Å². The van der Waals surface area contributed by atoms with Crippen LogP contribution in [0.4, 0.5) is 15.8 Å². The fourth-order valence-corrected chi connectivity index (χ4v) is 4.24. The molecule has 0 amide bonds. The van der Waals surface area contributed by atoms with Crippen LogP contribution >= 0.6 is 0 Å². The molecule has 0 spiro atoms. The Morgan fingerprint density at radius 1 is 1.21 bits per heavy atom. The Bertz CT molecular complexity index is 1360. The maximum absolute atomic E-state index is 14.3.